The van der Waals surface area contributed by atoms with Crippen LogP contribution in [0.4, 0.5) is 0 Å². The Balaban J connectivity index is 2.52. The Bertz CT molecular complexity index is 726. The lowest BCUT2D eigenvalue weighted by atomic mass is 9.96. The number of H-pyrrole nitrogens is 1. The van der Waals surface area contributed by atoms with Crippen LogP contribution in [-0.4, -0.2) is 11.6 Å². The van der Waals surface area contributed by atoms with Crippen LogP contribution in [0, 0.1) is 18.3 Å². The van der Waals surface area contributed by atoms with E-state index in [1.165, 1.54) is 0 Å². The summed E-state index contributed by atoms with van der Waals surface area (Å²) in [5.74, 6) is 0. The highest BCUT2D eigenvalue weighted by Crippen LogP contribution is 2.26. The van der Waals surface area contributed by atoms with Gasteiger partial charge in [-0.25, -0.2) is 0 Å². The zero-order chi connectivity index (χ0) is 15.2. The zero-order valence-electron chi connectivity index (χ0n) is 12.3. The van der Waals surface area contributed by atoms with E-state index in [-0.39, 0.29) is 11.1 Å². The summed E-state index contributed by atoms with van der Waals surface area (Å²) in [5, 5.41) is 9.26. The first kappa shape index (κ1) is 15.0. The fourth-order valence-corrected chi connectivity index (χ4v) is 2.25. The van der Waals surface area contributed by atoms with E-state index in [4.69, 9.17) is 4.74 Å². The van der Waals surface area contributed by atoms with Crippen molar-refractivity contribution in [3.8, 4) is 17.2 Å². The van der Waals surface area contributed by atoms with Gasteiger partial charge >= 0.3 is 0 Å². The van der Waals surface area contributed by atoms with Crippen molar-refractivity contribution in [3.63, 3.8) is 0 Å². The Morgan fingerprint density at radius 3 is 2.76 bits per heavy atom. The maximum absolute atomic E-state index is 11.9. The molecule has 108 valence electrons. The number of pyridine rings is 1. The quantitative estimate of drug-likeness (QED) is 0.857. The number of ether oxygens (including phenoxy) is 1. The lowest BCUT2D eigenvalue weighted by Crippen LogP contribution is -2.13. The molecule has 0 amide bonds. The Hall–Kier alpha value is -2.38. The van der Waals surface area contributed by atoms with Crippen molar-refractivity contribution in [1.82, 2.24) is 4.98 Å². The molecule has 0 bridgehead atoms. The first-order valence-corrected chi connectivity index (χ1v) is 6.97. The fourth-order valence-electron chi connectivity index (χ4n) is 2.25. The number of hydrogen-bond acceptors (Lipinski definition) is 3. The molecule has 0 atom stereocenters. The highest BCUT2D eigenvalue weighted by molar-refractivity contribution is 5.73. The third kappa shape index (κ3) is 3.39. The average Bonchev–Trinajstić information content (AvgIpc) is 2.47. The van der Waals surface area contributed by atoms with Crippen molar-refractivity contribution >= 4 is 0 Å². The average molecular weight is 282 g/mol. The van der Waals surface area contributed by atoms with Crippen LogP contribution in [0.5, 0.6) is 0 Å². The maximum Gasteiger partial charge on any atom is 0.266 e. The summed E-state index contributed by atoms with van der Waals surface area (Å²) in [5.41, 5.74) is 3.04. The first-order valence-electron chi connectivity index (χ1n) is 6.97. The van der Waals surface area contributed by atoms with E-state index in [0.29, 0.717) is 18.8 Å². The van der Waals surface area contributed by atoms with Gasteiger partial charge in [0.1, 0.15) is 11.6 Å². The SMILES string of the molecule is CCCOCc1ccccc1-c1cc(C)[nH]c(=O)c1C#N. The molecule has 0 aliphatic heterocycles. The van der Waals surface area contributed by atoms with E-state index in [2.05, 4.69) is 11.9 Å². The normalized spacial score (nSPS) is 10.3. The Morgan fingerprint density at radius 1 is 1.29 bits per heavy atom. The lowest BCUT2D eigenvalue weighted by Gasteiger charge is -2.11. The fraction of sp³-hybridized carbons (Fsp3) is 0.294. The summed E-state index contributed by atoms with van der Waals surface area (Å²) >= 11 is 0. The molecule has 0 fully saturated rings. The summed E-state index contributed by atoms with van der Waals surface area (Å²) in [6, 6.07) is 11.5. The lowest BCUT2D eigenvalue weighted by molar-refractivity contribution is 0.122. The smallest absolute Gasteiger partial charge is 0.266 e. The second-order valence-electron chi connectivity index (χ2n) is 4.89. The third-order valence-electron chi connectivity index (χ3n) is 3.19. The standard InChI is InChI=1S/C17H18N2O2/c1-3-8-21-11-13-6-4-5-7-14(13)15-9-12(2)19-17(20)16(15)10-18/h4-7,9H,3,8,11H2,1-2H3,(H,19,20). The summed E-state index contributed by atoms with van der Waals surface area (Å²) in [6.45, 7) is 5.02. The van der Waals surface area contributed by atoms with Crippen LogP contribution in [0.3, 0.4) is 0 Å². The molecule has 1 N–H and O–H groups in total. The van der Waals surface area contributed by atoms with Gasteiger partial charge in [-0.3, -0.25) is 4.79 Å². The predicted molar refractivity (Wildman–Crippen MR) is 81.9 cm³/mol. The number of aromatic amines is 1. The minimum atomic E-state index is -0.350. The molecule has 0 saturated heterocycles. The van der Waals surface area contributed by atoms with Gasteiger partial charge in [0, 0.05) is 17.9 Å². The molecular formula is C17H18N2O2. The molecule has 0 aliphatic rings. The van der Waals surface area contributed by atoms with Crippen molar-refractivity contribution in [3.05, 3.63) is 57.5 Å². The predicted octanol–water partition coefficient (Wildman–Crippen LogP) is 3.15. The van der Waals surface area contributed by atoms with E-state index < -0.39 is 0 Å². The van der Waals surface area contributed by atoms with Crippen LogP contribution in [0.2, 0.25) is 0 Å². The number of nitriles is 1. The topological polar surface area (TPSA) is 65.9 Å². The molecule has 1 aromatic carbocycles. The summed E-state index contributed by atoms with van der Waals surface area (Å²) in [4.78, 5) is 14.6. The second kappa shape index (κ2) is 6.87. The van der Waals surface area contributed by atoms with Gasteiger partial charge in [0.25, 0.3) is 5.56 Å². The minimum Gasteiger partial charge on any atom is -0.377 e. The van der Waals surface area contributed by atoms with E-state index in [1.807, 2.05) is 43.3 Å². The van der Waals surface area contributed by atoms with E-state index in [1.54, 1.807) is 0 Å². The van der Waals surface area contributed by atoms with Gasteiger partial charge in [0.05, 0.1) is 6.61 Å². The Labute approximate surface area is 124 Å². The van der Waals surface area contributed by atoms with Crippen molar-refractivity contribution in [2.24, 2.45) is 0 Å². The van der Waals surface area contributed by atoms with E-state index in [0.717, 1.165) is 23.2 Å². The molecule has 2 aromatic rings. The van der Waals surface area contributed by atoms with Crippen LogP contribution in [0.1, 0.15) is 30.2 Å². The number of nitrogens with one attached hydrogen (secondary N) is 1. The number of hydrogen-bond donors (Lipinski definition) is 1. The molecule has 0 spiro atoms. The molecule has 21 heavy (non-hydrogen) atoms. The van der Waals surface area contributed by atoms with Crippen molar-refractivity contribution < 1.29 is 4.74 Å². The molecule has 4 nitrogen and oxygen atoms in total. The molecule has 0 radical (unpaired) electrons. The Kier molecular flexibility index (Phi) is 4.91. The van der Waals surface area contributed by atoms with Gasteiger partial charge in [-0.1, -0.05) is 31.2 Å². The number of benzene rings is 1. The van der Waals surface area contributed by atoms with Gasteiger partial charge < -0.3 is 9.72 Å². The highest BCUT2D eigenvalue weighted by atomic mass is 16.5. The van der Waals surface area contributed by atoms with E-state index in [9.17, 15) is 10.1 Å². The summed E-state index contributed by atoms with van der Waals surface area (Å²) in [6.07, 6.45) is 0.954. The largest absolute Gasteiger partial charge is 0.377 e. The Morgan fingerprint density at radius 2 is 2.05 bits per heavy atom. The van der Waals surface area contributed by atoms with Crippen LogP contribution in [0.25, 0.3) is 11.1 Å². The van der Waals surface area contributed by atoms with Gasteiger partial charge in [-0.15, -0.1) is 0 Å². The minimum absolute atomic E-state index is 0.142. The molecule has 1 aromatic heterocycles. The first-order chi connectivity index (χ1) is 10.2. The van der Waals surface area contributed by atoms with Crippen molar-refractivity contribution in [1.29, 1.82) is 5.26 Å². The number of rotatable bonds is 5. The molecule has 1 heterocycles. The second-order valence-corrected chi connectivity index (χ2v) is 4.89. The number of aryl methyl sites for hydroxylation is 1. The van der Waals surface area contributed by atoms with Crippen LogP contribution in [-0.2, 0) is 11.3 Å². The zero-order valence-corrected chi connectivity index (χ0v) is 12.3. The summed E-state index contributed by atoms with van der Waals surface area (Å²) in [7, 11) is 0. The van der Waals surface area contributed by atoms with Gasteiger partial charge in [0.15, 0.2) is 0 Å². The van der Waals surface area contributed by atoms with Crippen molar-refractivity contribution in [2.45, 2.75) is 26.9 Å². The summed E-state index contributed by atoms with van der Waals surface area (Å²) < 4.78 is 5.60. The molecule has 0 aliphatic carbocycles. The van der Waals surface area contributed by atoms with E-state index >= 15 is 0 Å². The molecule has 0 saturated carbocycles. The van der Waals surface area contributed by atoms with Crippen LogP contribution in [0.15, 0.2) is 35.1 Å². The number of aromatic nitrogens is 1. The number of nitrogens with zero attached hydrogens (tertiary/aromatic N) is 1. The monoisotopic (exact) mass is 282 g/mol. The molecular weight excluding hydrogens is 264 g/mol. The third-order valence-corrected chi connectivity index (χ3v) is 3.19. The van der Waals surface area contributed by atoms with Gasteiger partial charge in [0.2, 0.25) is 0 Å². The maximum atomic E-state index is 11.9. The van der Waals surface area contributed by atoms with Gasteiger partial charge in [-0.05, 0) is 30.5 Å². The molecule has 4 heteroatoms. The van der Waals surface area contributed by atoms with Crippen LogP contribution >= 0.6 is 0 Å². The van der Waals surface area contributed by atoms with Crippen LogP contribution < -0.4 is 5.56 Å². The van der Waals surface area contributed by atoms with Crippen molar-refractivity contribution in [2.75, 3.05) is 6.61 Å². The molecule has 0 unspecified atom stereocenters. The van der Waals surface area contributed by atoms with Gasteiger partial charge in [-0.2, -0.15) is 5.26 Å². The molecule has 2 rings (SSSR count). The highest BCUT2D eigenvalue weighted by Gasteiger charge is 2.13.